The topological polar surface area (TPSA) is 57.7 Å². The first-order valence-electron chi connectivity index (χ1n) is 10.6. The van der Waals surface area contributed by atoms with Crippen LogP contribution in [0.1, 0.15) is 49.4 Å². The predicted molar refractivity (Wildman–Crippen MR) is 115 cm³/mol. The van der Waals surface area contributed by atoms with Crippen molar-refractivity contribution in [2.24, 2.45) is 0 Å². The van der Waals surface area contributed by atoms with Crippen LogP contribution in [0.2, 0.25) is 0 Å². The first-order valence-corrected chi connectivity index (χ1v) is 12.0. The third kappa shape index (κ3) is 5.15. The molecule has 174 valence electrons. The molecule has 0 bridgehead atoms. The highest BCUT2D eigenvalue weighted by Crippen LogP contribution is 2.32. The molecule has 0 saturated heterocycles. The Balaban J connectivity index is 1.86. The Kier molecular flexibility index (Phi) is 7.29. The van der Waals surface area contributed by atoms with E-state index in [1.807, 2.05) is 38.1 Å². The summed E-state index contributed by atoms with van der Waals surface area (Å²) >= 11 is 0. The van der Waals surface area contributed by atoms with Crippen LogP contribution in [0.5, 0.6) is 0 Å². The number of nitrogens with zero attached hydrogens (tertiary/aromatic N) is 2. The standard InChI is InChI=1S/C23H27F3N2O3S/c1-3-4-13-27(32(30,31)20-10-7-9-19(15-20)23(24,25)26)16-22(29)28-14-12-18-8-5-6-11-21(18)17(28)2/h5-11,15,17H,3-4,12-14,16H2,1-2H3. The molecule has 2 aromatic rings. The molecule has 9 heteroatoms. The van der Waals surface area contributed by atoms with Gasteiger partial charge in [-0.3, -0.25) is 4.79 Å². The van der Waals surface area contributed by atoms with Crippen LogP contribution >= 0.6 is 0 Å². The Morgan fingerprint density at radius 3 is 2.56 bits per heavy atom. The molecule has 1 atom stereocenters. The molecule has 0 saturated carbocycles. The average molecular weight is 469 g/mol. The molecule has 3 rings (SSSR count). The van der Waals surface area contributed by atoms with Crippen molar-refractivity contribution in [2.45, 2.75) is 50.2 Å². The highest BCUT2D eigenvalue weighted by atomic mass is 32.2. The van der Waals surface area contributed by atoms with Crippen LogP contribution in [0, 0.1) is 0 Å². The summed E-state index contributed by atoms with van der Waals surface area (Å²) < 4.78 is 66.7. The van der Waals surface area contributed by atoms with E-state index < -0.39 is 33.2 Å². The fraction of sp³-hybridized carbons (Fsp3) is 0.435. The van der Waals surface area contributed by atoms with Crippen molar-refractivity contribution in [3.8, 4) is 0 Å². The highest BCUT2D eigenvalue weighted by Gasteiger charge is 2.35. The highest BCUT2D eigenvalue weighted by molar-refractivity contribution is 7.89. The molecule has 0 N–H and O–H groups in total. The van der Waals surface area contributed by atoms with Gasteiger partial charge < -0.3 is 4.90 Å². The van der Waals surface area contributed by atoms with Crippen molar-refractivity contribution in [3.05, 3.63) is 65.2 Å². The van der Waals surface area contributed by atoms with E-state index in [0.29, 0.717) is 31.9 Å². The molecule has 1 aliphatic rings. The largest absolute Gasteiger partial charge is 0.416 e. The normalized spacial score (nSPS) is 16.8. The molecule has 1 amide bonds. The minimum atomic E-state index is -4.66. The van der Waals surface area contributed by atoms with Crippen LogP contribution < -0.4 is 0 Å². The Hall–Kier alpha value is -2.39. The molecular weight excluding hydrogens is 441 g/mol. The average Bonchev–Trinajstić information content (AvgIpc) is 2.76. The lowest BCUT2D eigenvalue weighted by atomic mass is 9.93. The molecule has 2 aromatic carbocycles. The van der Waals surface area contributed by atoms with Gasteiger partial charge in [0.25, 0.3) is 0 Å². The fourth-order valence-electron chi connectivity index (χ4n) is 3.95. The number of amides is 1. The number of benzene rings is 2. The van der Waals surface area contributed by atoms with Crippen molar-refractivity contribution in [1.82, 2.24) is 9.21 Å². The van der Waals surface area contributed by atoms with Gasteiger partial charge in [-0.1, -0.05) is 43.7 Å². The molecule has 0 spiro atoms. The van der Waals surface area contributed by atoms with Crippen molar-refractivity contribution >= 4 is 15.9 Å². The number of carbonyl (C=O) groups is 1. The van der Waals surface area contributed by atoms with Gasteiger partial charge in [-0.05, 0) is 49.1 Å². The van der Waals surface area contributed by atoms with Gasteiger partial charge in [0.2, 0.25) is 15.9 Å². The molecule has 1 heterocycles. The van der Waals surface area contributed by atoms with Crippen LogP contribution in [0.3, 0.4) is 0 Å². The summed E-state index contributed by atoms with van der Waals surface area (Å²) in [5.41, 5.74) is 1.14. The van der Waals surface area contributed by atoms with Crippen LogP contribution in [0.15, 0.2) is 53.4 Å². The lowest BCUT2D eigenvalue weighted by molar-refractivity contribution is -0.138. The van der Waals surface area contributed by atoms with Gasteiger partial charge in [-0.2, -0.15) is 17.5 Å². The van der Waals surface area contributed by atoms with Crippen LogP contribution in [-0.2, 0) is 27.4 Å². The molecule has 0 fully saturated rings. The zero-order valence-corrected chi connectivity index (χ0v) is 18.9. The van der Waals surface area contributed by atoms with E-state index in [1.54, 1.807) is 4.90 Å². The van der Waals surface area contributed by atoms with E-state index in [4.69, 9.17) is 0 Å². The van der Waals surface area contributed by atoms with Crippen molar-refractivity contribution in [1.29, 1.82) is 0 Å². The summed E-state index contributed by atoms with van der Waals surface area (Å²) in [7, 11) is -4.28. The van der Waals surface area contributed by atoms with Gasteiger partial charge in [0.1, 0.15) is 0 Å². The lowest BCUT2D eigenvalue weighted by Gasteiger charge is -2.36. The zero-order valence-electron chi connectivity index (χ0n) is 18.1. The maximum absolute atomic E-state index is 13.2. The van der Waals surface area contributed by atoms with Crippen molar-refractivity contribution in [3.63, 3.8) is 0 Å². The lowest BCUT2D eigenvalue weighted by Crippen LogP contribution is -2.46. The molecular formula is C23H27F3N2O3S. The number of fused-ring (bicyclic) bond motifs is 1. The Morgan fingerprint density at radius 2 is 1.88 bits per heavy atom. The minimum absolute atomic E-state index is 0.0552. The van der Waals surface area contributed by atoms with Crippen LogP contribution in [0.25, 0.3) is 0 Å². The number of carbonyl (C=O) groups excluding carboxylic acids is 1. The zero-order chi connectivity index (χ0) is 23.5. The number of hydrogen-bond donors (Lipinski definition) is 0. The molecule has 0 aromatic heterocycles. The second-order valence-electron chi connectivity index (χ2n) is 7.93. The number of unbranched alkanes of at least 4 members (excludes halogenated alkanes) is 1. The van der Waals surface area contributed by atoms with E-state index in [2.05, 4.69) is 0 Å². The summed E-state index contributed by atoms with van der Waals surface area (Å²) in [5.74, 6) is -0.362. The molecule has 5 nitrogen and oxygen atoms in total. The molecule has 1 unspecified atom stereocenters. The van der Waals surface area contributed by atoms with Gasteiger partial charge in [0.15, 0.2) is 0 Å². The van der Waals surface area contributed by atoms with Gasteiger partial charge in [-0.15, -0.1) is 0 Å². The smallest absolute Gasteiger partial charge is 0.334 e. The predicted octanol–water partition coefficient (Wildman–Crippen LogP) is 4.64. The van der Waals surface area contributed by atoms with Gasteiger partial charge >= 0.3 is 6.18 Å². The van der Waals surface area contributed by atoms with Crippen LogP contribution in [0.4, 0.5) is 13.2 Å². The molecule has 0 radical (unpaired) electrons. The van der Waals surface area contributed by atoms with E-state index in [1.165, 1.54) is 0 Å². The molecule has 0 aliphatic carbocycles. The van der Waals surface area contributed by atoms with Crippen LogP contribution in [-0.4, -0.2) is 43.2 Å². The number of halogens is 3. The third-order valence-electron chi connectivity index (χ3n) is 5.79. The van der Waals surface area contributed by atoms with E-state index in [9.17, 15) is 26.4 Å². The number of rotatable bonds is 7. The van der Waals surface area contributed by atoms with Gasteiger partial charge in [0.05, 0.1) is 23.0 Å². The second-order valence-corrected chi connectivity index (χ2v) is 9.87. The monoisotopic (exact) mass is 468 g/mol. The van der Waals surface area contributed by atoms with E-state index >= 15 is 0 Å². The Labute approximate surface area is 186 Å². The Bertz CT molecular complexity index is 1070. The van der Waals surface area contributed by atoms with E-state index in [-0.39, 0.29) is 18.5 Å². The first kappa shape index (κ1) is 24.3. The van der Waals surface area contributed by atoms with Gasteiger partial charge in [-0.25, -0.2) is 8.42 Å². The summed E-state index contributed by atoms with van der Waals surface area (Å²) in [6, 6.07) is 11.2. The third-order valence-corrected chi connectivity index (χ3v) is 7.63. The summed E-state index contributed by atoms with van der Waals surface area (Å²) in [5, 5.41) is 0. The fourth-order valence-corrected chi connectivity index (χ4v) is 5.43. The summed E-state index contributed by atoms with van der Waals surface area (Å²) in [4.78, 5) is 14.3. The summed E-state index contributed by atoms with van der Waals surface area (Å²) in [6.45, 7) is 3.88. The Morgan fingerprint density at radius 1 is 1.16 bits per heavy atom. The number of alkyl halides is 3. The SMILES string of the molecule is CCCCN(CC(=O)N1CCc2ccccc2C1C)S(=O)(=O)c1cccc(C(F)(F)F)c1. The van der Waals surface area contributed by atoms with Crippen molar-refractivity contribution in [2.75, 3.05) is 19.6 Å². The maximum Gasteiger partial charge on any atom is 0.416 e. The summed E-state index contributed by atoms with van der Waals surface area (Å²) in [6.07, 6.45) is -2.83. The maximum atomic E-state index is 13.2. The minimum Gasteiger partial charge on any atom is -0.334 e. The van der Waals surface area contributed by atoms with E-state index in [0.717, 1.165) is 33.6 Å². The quantitative estimate of drug-likeness (QED) is 0.595. The first-order chi connectivity index (χ1) is 15.1. The second kappa shape index (κ2) is 9.62. The molecule has 32 heavy (non-hydrogen) atoms. The number of sulfonamides is 1. The van der Waals surface area contributed by atoms with Crippen molar-refractivity contribution < 1.29 is 26.4 Å². The number of hydrogen-bond acceptors (Lipinski definition) is 3. The van der Waals surface area contributed by atoms with Gasteiger partial charge in [0, 0.05) is 13.1 Å². The molecule has 1 aliphatic heterocycles.